The van der Waals surface area contributed by atoms with E-state index in [4.69, 9.17) is 0 Å². The second-order valence-corrected chi connectivity index (χ2v) is 8.64. The highest BCUT2D eigenvalue weighted by atomic mass is 32.1. The first kappa shape index (κ1) is 19.5. The zero-order valence-electron chi connectivity index (χ0n) is 16.7. The molecule has 0 spiro atoms. The lowest BCUT2D eigenvalue weighted by molar-refractivity contribution is -0.142. The van der Waals surface area contributed by atoms with Crippen molar-refractivity contribution in [3.05, 3.63) is 46.4 Å². The number of aryl methyl sites for hydroxylation is 3. The van der Waals surface area contributed by atoms with Crippen molar-refractivity contribution in [1.29, 1.82) is 0 Å². The molecular weight excluding hydrogens is 386 g/mol. The fourth-order valence-corrected chi connectivity index (χ4v) is 5.07. The van der Waals surface area contributed by atoms with E-state index in [-0.39, 0.29) is 30.2 Å². The molecule has 0 unspecified atom stereocenters. The van der Waals surface area contributed by atoms with Gasteiger partial charge in [-0.05, 0) is 44.7 Å². The van der Waals surface area contributed by atoms with Gasteiger partial charge in [0.2, 0.25) is 17.7 Å². The summed E-state index contributed by atoms with van der Waals surface area (Å²) in [6.07, 6.45) is 5.00. The van der Waals surface area contributed by atoms with Crippen LogP contribution in [0, 0.1) is 32.6 Å². The standard InChI is InChI=1S/C22H23N3O3S/c1-12-8-13(2)19(14(3)9-12)17-11-29-22(23-17)24-18(26)10-25-20(27)15-6-4-5-7-16(15)21(25)28/h4-5,8-9,11,15-16H,6-7,10H2,1-3H3,(H,23,24,26)/t15-,16-/m0/s1. The molecule has 1 N–H and O–H groups in total. The highest BCUT2D eigenvalue weighted by Gasteiger charge is 2.47. The maximum atomic E-state index is 12.5. The van der Waals surface area contributed by atoms with Gasteiger partial charge in [-0.1, -0.05) is 29.8 Å². The first-order chi connectivity index (χ1) is 13.8. The van der Waals surface area contributed by atoms with Crippen molar-refractivity contribution in [3.8, 4) is 11.3 Å². The summed E-state index contributed by atoms with van der Waals surface area (Å²) in [5.41, 5.74) is 5.34. The molecule has 1 fully saturated rings. The van der Waals surface area contributed by atoms with Crippen LogP contribution in [0.3, 0.4) is 0 Å². The highest BCUT2D eigenvalue weighted by Crippen LogP contribution is 2.35. The van der Waals surface area contributed by atoms with E-state index < -0.39 is 5.91 Å². The van der Waals surface area contributed by atoms with E-state index in [1.807, 2.05) is 31.4 Å². The van der Waals surface area contributed by atoms with Crippen LogP contribution in [0.2, 0.25) is 0 Å². The Morgan fingerprint density at radius 1 is 1.10 bits per heavy atom. The number of amides is 3. The Balaban J connectivity index is 1.45. The SMILES string of the molecule is Cc1cc(C)c(-c2csc(NC(=O)CN3C(=O)[C@H]4CC=CC[C@@H]4C3=O)n2)c(C)c1. The van der Waals surface area contributed by atoms with Crippen molar-refractivity contribution in [3.63, 3.8) is 0 Å². The molecule has 1 aromatic heterocycles. The number of carbonyl (C=O) groups is 3. The van der Waals surface area contributed by atoms with E-state index >= 15 is 0 Å². The Morgan fingerprint density at radius 2 is 1.69 bits per heavy atom. The van der Waals surface area contributed by atoms with Crippen LogP contribution in [0.4, 0.5) is 5.13 Å². The number of aromatic nitrogens is 1. The van der Waals surface area contributed by atoms with Gasteiger partial charge in [0.15, 0.2) is 5.13 Å². The minimum atomic E-state index is -0.406. The van der Waals surface area contributed by atoms with Crippen LogP contribution in [-0.4, -0.2) is 34.2 Å². The molecule has 29 heavy (non-hydrogen) atoms. The number of fused-ring (bicyclic) bond motifs is 1. The fraction of sp³-hybridized carbons (Fsp3) is 0.364. The molecule has 7 heteroatoms. The van der Waals surface area contributed by atoms with Gasteiger partial charge in [0.25, 0.3) is 0 Å². The predicted molar refractivity (Wildman–Crippen MR) is 112 cm³/mol. The van der Waals surface area contributed by atoms with Gasteiger partial charge < -0.3 is 5.32 Å². The van der Waals surface area contributed by atoms with Crippen LogP contribution in [0.5, 0.6) is 0 Å². The molecule has 2 atom stereocenters. The number of thiazole rings is 1. The van der Waals surface area contributed by atoms with Crippen molar-refractivity contribution in [2.24, 2.45) is 11.8 Å². The number of nitrogens with one attached hydrogen (secondary N) is 1. The van der Waals surface area contributed by atoms with Gasteiger partial charge >= 0.3 is 0 Å². The second kappa shape index (κ2) is 7.55. The average Bonchev–Trinajstić information content (AvgIpc) is 3.20. The molecule has 1 aromatic carbocycles. The highest BCUT2D eigenvalue weighted by molar-refractivity contribution is 7.14. The Hall–Kier alpha value is -2.80. The number of rotatable bonds is 4. The molecule has 2 heterocycles. The third-order valence-electron chi connectivity index (χ3n) is 5.58. The van der Waals surface area contributed by atoms with Crippen molar-refractivity contribution in [2.75, 3.05) is 11.9 Å². The monoisotopic (exact) mass is 409 g/mol. The summed E-state index contributed by atoms with van der Waals surface area (Å²) in [7, 11) is 0. The second-order valence-electron chi connectivity index (χ2n) is 7.78. The van der Waals surface area contributed by atoms with Gasteiger partial charge in [0.1, 0.15) is 6.54 Å². The quantitative estimate of drug-likeness (QED) is 0.618. The minimum Gasteiger partial charge on any atom is -0.300 e. The molecule has 4 rings (SSSR count). The third-order valence-corrected chi connectivity index (χ3v) is 6.34. The van der Waals surface area contributed by atoms with E-state index in [1.165, 1.54) is 16.9 Å². The molecular formula is C22H23N3O3S. The summed E-state index contributed by atoms with van der Waals surface area (Å²) in [6.45, 7) is 5.89. The van der Waals surface area contributed by atoms with Crippen molar-refractivity contribution < 1.29 is 14.4 Å². The lowest BCUT2D eigenvalue weighted by Crippen LogP contribution is -2.38. The Morgan fingerprint density at radius 3 is 2.28 bits per heavy atom. The molecule has 2 aliphatic rings. The first-order valence-corrected chi connectivity index (χ1v) is 10.6. The smallest absolute Gasteiger partial charge is 0.246 e. The Bertz CT molecular complexity index is 991. The van der Waals surface area contributed by atoms with E-state index in [2.05, 4.69) is 29.4 Å². The molecule has 1 aliphatic heterocycles. The molecule has 2 aromatic rings. The van der Waals surface area contributed by atoms with Crippen LogP contribution >= 0.6 is 11.3 Å². The number of allylic oxidation sites excluding steroid dienone is 2. The molecule has 3 amide bonds. The number of hydrogen-bond donors (Lipinski definition) is 1. The molecule has 1 aliphatic carbocycles. The minimum absolute atomic E-state index is 0.245. The molecule has 0 radical (unpaired) electrons. The van der Waals surface area contributed by atoms with Crippen molar-refractivity contribution in [2.45, 2.75) is 33.6 Å². The zero-order valence-corrected chi connectivity index (χ0v) is 17.5. The third kappa shape index (κ3) is 3.62. The van der Waals surface area contributed by atoms with Gasteiger partial charge in [-0.25, -0.2) is 4.98 Å². The van der Waals surface area contributed by atoms with Gasteiger partial charge in [-0.15, -0.1) is 11.3 Å². The molecule has 0 saturated carbocycles. The predicted octanol–water partition coefficient (Wildman–Crippen LogP) is 3.63. The van der Waals surface area contributed by atoms with Crippen molar-refractivity contribution >= 4 is 34.2 Å². The van der Waals surface area contributed by atoms with Crippen LogP contribution < -0.4 is 5.32 Å². The maximum Gasteiger partial charge on any atom is 0.246 e. The number of anilines is 1. The number of nitrogens with zero attached hydrogens (tertiary/aromatic N) is 2. The summed E-state index contributed by atoms with van der Waals surface area (Å²) in [6, 6.07) is 4.22. The zero-order chi connectivity index (χ0) is 20.7. The van der Waals surface area contributed by atoms with Crippen LogP contribution in [0.1, 0.15) is 29.5 Å². The lowest BCUT2D eigenvalue weighted by Gasteiger charge is -2.14. The van der Waals surface area contributed by atoms with Gasteiger partial charge in [-0.2, -0.15) is 0 Å². The number of benzene rings is 1. The van der Waals surface area contributed by atoms with Crippen LogP contribution in [-0.2, 0) is 14.4 Å². The summed E-state index contributed by atoms with van der Waals surface area (Å²) in [4.78, 5) is 43.1. The molecule has 1 saturated heterocycles. The summed E-state index contributed by atoms with van der Waals surface area (Å²) >= 11 is 1.33. The lowest BCUT2D eigenvalue weighted by atomic mass is 9.85. The van der Waals surface area contributed by atoms with Crippen molar-refractivity contribution in [1.82, 2.24) is 9.88 Å². The van der Waals surface area contributed by atoms with E-state index in [0.717, 1.165) is 27.3 Å². The van der Waals surface area contributed by atoms with Crippen LogP contribution in [0.25, 0.3) is 11.3 Å². The summed E-state index contributed by atoms with van der Waals surface area (Å²) in [5.74, 6) is -1.54. The number of hydrogen-bond acceptors (Lipinski definition) is 5. The molecule has 6 nitrogen and oxygen atoms in total. The number of likely N-dealkylation sites (tertiary alicyclic amines) is 1. The topological polar surface area (TPSA) is 79.4 Å². The Labute approximate surface area is 173 Å². The largest absolute Gasteiger partial charge is 0.300 e. The van der Waals surface area contributed by atoms with Gasteiger partial charge in [0, 0.05) is 10.9 Å². The number of carbonyl (C=O) groups excluding carboxylic acids is 3. The normalized spacial score (nSPS) is 20.9. The maximum absolute atomic E-state index is 12.5. The van der Waals surface area contributed by atoms with Crippen LogP contribution in [0.15, 0.2) is 29.7 Å². The number of imide groups is 1. The molecule has 0 bridgehead atoms. The summed E-state index contributed by atoms with van der Waals surface area (Å²) < 4.78 is 0. The van der Waals surface area contributed by atoms with Gasteiger partial charge in [0.05, 0.1) is 17.5 Å². The summed E-state index contributed by atoms with van der Waals surface area (Å²) in [5, 5.41) is 5.11. The Kier molecular flexibility index (Phi) is 5.08. The van der Waals surface area contributed by atoms with E-state index in [9.17, 15) is 14.4 Å². The van der Waals surface area contributed by atoms with E-state index in [0.29, 0.717) is 18.0 Å². The molecule has 150 valence electrons. The van der Waals surface area contributed by atoms with E-state index in [1.54, 1.807) is 0 Å². The average molecular weight is 410 g/mol. The van der Waals surface area contributed by atoms with Gasteiger partial charge in [-0.3, -0.25) is 19.3 Å². The fourth-order valence-electron chi connectivity index (χ4n) is 4.36. The first-order valence-electron chi connectivity index (χ1n) is 9.69.